The van der Waals surface area contributed by atoms with Gasteiger partial charge in [-0.15, -0.1) is 0 Å². The molecule has 1 heteroatoms. The molecule has 0 heterocycles. The van der Waals surface area contributed by atoms with Crippen LogP contribution in [0.4, 0.5) is 0 Å². The number of rotatable bonds is 3. The van der Waals surface area contributed by atoms with Crippen molar-refractivity contribution in [2.75, 3.05) is 0 Å². The summed E-state index contributed by atoms with van der Waals surface area (Å²) in [5, 5.41) is 9.59. The number of aliphatic hydroxyl groups excluding tert-OH is 1. The zero-order valence-electron chi connectivity index (χ0n) is 7.84. The summed E-state index contributed by atoms with van der Waals surface area (Å²) in [7, 11) is 0. The highest BCUT2D eigenvalue weighted by Gasteiger charge is 2.26. The van der Waals surface area contributed by atoms with Crippen LogP contribution >= 0.6 is 0 Å². The third-order valence-electron chi connectivity index (χ3n) is 3.79. The van der Waals surface area contributed by atoms with Gasteiger partial charge < -0.3 is 5.11 Å². The molecule has 0 saturated heterocycles. The van der Waals surface area contributed by atoms with Gasteiger partial charge >= 0.3 is 0 Å². The Morgan fingerprint density at radius 1 is 0.917 bits per heavy atom. The van der Waals surface area contributed by atoms with E-state index in [9.17, 15) is 5.11 Å². The summed E-state index contributed by atoms with van der Waals surface area (Å²) in [6.07, 6.45) is 10.7. The Morgan fingerprint density at radius 3 is 2.17 bits per heavy atom. The monoisotopic (exact) mass is 168 g/mol. The van der Waals surface area contributed by atoms with E-state index in [1.165, 1.54) is 44.9 Å². The van der Waals surface area contributed by atoms with E-state index in [-0.39, 0.29) is 6.10 Å². The molecular weight excluding hydrogens is 148 g/mol. The molecule has 2 fully saturated rings. The molecule has 0 radical (unpaired) electrons. The van der Waals surface area contributed by atoms with Crippen molar-refractivity contribution in [1.29, 1.82) is 0 Å². The van der Waals surface area contributed by atoms with Crippen molar-refractivity contribution in [1.82, 2.24) is 0 Å². The van der Waals surface area contributed by atoms with Crippen molar-refractivity contribution in [3.63, 3.8) is 0 Å². The second kappa shape index (κ2) is 3.78. The maximum atomic E-state index is 9.59. The van der Waals surface area contributed by atoms with Crippen LogP contribution < -0.4 is 0 Å². The Balaban J connectivity index is 1.64. The van der Waals surface area contributed by atoms with Gasteiger partial charge in [-0.05, 0) is 31.1 Å². The molecule has 0 aliphatic heterocycles. The maximum Gasteiger partial charge on any atom is 0.0568 e. The Kier molecular flexibility index (Phi) is 2.69. The molecular formula is C11H20O. The van der Waals surface area contributed by atoms with Gasteiger partial charge in [0, 0.05) is 0 Å². The second-order valence-electron chi connectivity index (χ2n) is 4.63. The lowest BCUT2D eigenvalue weighted by Crippen LogP contribution is -2.17. The first-order valence-corrected chi connectivity index (χ1v) is 5.54. The van der Waals surface area contributed by atoms with Gasteiger partial charge in [0.2, 0.25) is 0 Å². The highest BCUT2D eigenvalue weighted by Crippen LogP contribution is 2.35. The summed E-state index contributed by atoms with van der Waals surface area (Å²) in [4.78, 5) is 0. The molecule has 70 valence electrons. The van der Waals surface area contributed by atoms with Gasteiger partial charge in [-0.1, -0.05) is 32.1 Å². The van der Waals surface area contributed by atoms with Crippen molar-refractivity contribution in [2.24, 2.45) is 11.8 Å². The van der Waals surface area contributed by atoms with Gasteiger partial charge in [0.15, 0.2) is 0 Å². The zero-order chi connectivity index (χ0) is 8.39. The molecule has 2 rings (SSSR count). The first-order valence-electron chi connectivity index (χ1n) is 5.54. The Hall–Kier alpha value is -0.0400. The summed E-state index contributed by atoms with van der Waals surface area (Å²) < 4.78 is 0. The molecule has 0 bridgehead atoms. The molecule has 1 N–H and O–H groups in total. The molecule has 0 aromatic heterocycles. The minimum atomic E-state index is 0.0464. The molecule has 2 saturated carbocycles. The average molecular weight is 168 g/mol. The van der Waals surface area contributed by atoms with Crippen molar-refractivity contribution in [3.05, 3.63) is 0 Å². The van der Waals surface area contributed by atoms with E-state index in [1.54, 1.807) is 0 Å². The van der Waals surface area contributed by atoms with Crippen LogP contribution in [-0.4, -0.2) is 11.2 Å². The molecule has 0 unspecified atom stereocenters. The van der Waals surface area contributed by atoms with Gasteiger partial charge in [0.05, 0.1) is 6.10 Å². The van der Waals surface area contributed by atoms with Crippen LogP contribution in [0, 0.1) is 11.8 Å². The highest BCUT2D eigenvalue weighted by molar-refractivity contribution is 4.79. The molecule has 0 aromatic carbocycles. The molecule has 2 aliphatic rings. The predicted octanol–water partition coefficient (Wildman–Crippen LogP) is 2.73. The SMILES string of the molecule is O[C@@H]1CCC[C@H]1CCC1CCC1. The second-order valence-corrected chi connectivity index (χ2v) is 4.63. The van der Waals surface area contributed by atoms with Crippen LogP contribution in [0.15, 0.2) is 0 Å². The van der Waals surface area contributed by atoms with E-state index in [1.807, 2.05) is 0 Å². The summed E-state index contributed by atoms with van der Waals surface area (Å²) in [6, 6.07) is 0. The first-order chi connectivity index (χ1) is 5.86. The summed E-state index contributed by atoms with van der Waals surface area (Å²) >= 11 is 0. The molecule has 0 spiro atoms. The molecule has 0 amide bonds. The fourth-order valence-electron chi connectivity index (χ4n) is 2.59. The Morgan fingerprint density at radius 2 is 1.67 bits per heavy atom. The smallest absolute Gasteiger partial charge is 0.0568 e. The first kappa shape index (κ1) is 8.55. The number of hydrogen-bond donors (Lipinski definition) is 1. The predicted molar refractivity (Wildman–Crippen MR) is 49.9 cm³/mol. The van der Waals surface area contributed by atoms with E-state index in [0.717, 1.165) is 12.3 Å². The van der Waals surface area contributed by atoms with Crippen molar-refractivity contribution in [3.8, 4) is 0 Å². The number of hydrogen-bond acceptors (Lipinski definition) is 1. The van der Waals surface area contributed by atoms with E-state index >= 15 is 0 Å². The molecule has 2 atom stereocenters. The van der Waals surface area contributed by atoms with E-state index < -0.39 is 0 Å². The molecule has 1 nitrogen and oxygen atoms in total. The van der Waals surface area contributed by atoms with Gasteiger partial charge in [-0.25, -0.2) is 0 Å². The minimum absolute atomic E-state index is 0.0464. The van der Waals surface area contributed by atoms with Crippen molar-refractivity contribution in [2.45, 2.75) is 57.5 Å². The third-order valence-corrected chi connectivity index (χ3v) is 3.79. The fraction of sp³-hybridized carbons (Fsp3) is 1.00. The van der Waals surface area contributed by atoms with Crippen LogP contribution in [0.5, 0.6) is 0 Å². The summed E-state index contributed by atoms with van der Waals surface area (Å²) in [6.45, 7) is 0. The topological polar surface area (TPSA) is 20.2 Å². The standard InChI is InChI=1S/C11H20O/c12-11-6-2-5-10(11)8-7-9-3-1-4-9/h9-12H,1-8H2/t10-,11+/m0/s1. The lowest BCUT2D eigenvalue weighted by molar-refractivity contribution is 0.119. The third kappa shape index (κ3) is 1.82. The summed E-state index contributed by atoms with van der Waals surface area (Å²) in [5.41, 5.74) is 0. The highest BCUT2D eigenvalue weighted by atomic mass is 16.3. The number of aliphatic hydroxyl groups is 1. The van der Waals surface area contributed by atoms with Crippen LogP contribution in [0.3, 0.4) is 0 Å². The minimum Gasteiger partial charge on any atom is -0.393 e. The zero-order valence-corrected chi connectivity index (χ0v) is 7.84. The van der Waals surface area contributed by atoms with Crippen LogP contribution in [0.25, 0.3) is 0 Å². The Bertz CT molecular complexity index is 140. The van der Waals surface area contributed by atoms with Gasteiger partial charge in [0.1, 0.15) is 0 Å². The molecule has 12 heavy (non-hydrogen) atoms. The Labute approximate surface area is 75.2 Å². The maximum absolute atomic E-state index is 9.59. The van der Waals surface area contributed by atoms with Gasteiger partial charge in [0.25, 0.3) is 0 Å². The van der Waals surface area contributed by atoms with E-state index in [4.69, 9.17) is 0 Å². The lowest BCUT2D eigenvalue weighted by atomic mass is 9.80. The fourth-order valence-corrected chi connectivity index (χ4v) is 2.59. The van der Waals surface area contributed by atoms with E-state index in [0.29, 0.717) is 5.92 Å². The van der Waals surface area contributed by atoms with Crippen molar-refractivity contribution < 1.29 is 5.11 Å². The van der Waals surface area contributed by atoms with Crippen LogP contribution in [-0.2, 0) is 0 Å². The van der Waals surface area contributed by atoms with Crippen molar-refractivity contribution >= 4 is 0 Å². The molecule has 2 aliphatic carbocycles. The summed E-state index contributed by atoms with van der Waals surface area (Å²) in [5.74, 6) is 1.68. The molecule has 0 aromatic rings. The lowest BCUT2D eigenvalue weighted by Gasteiger charge is -2.27. The normalized spacial score (nSPS) is 36.8. The van der Waals surface area contributed by atoms with Gasteiger partial charge in [-0.2, -0.15) is 0 Å². The van der Waals surface area contributed by atoms with E-state index in [2.05, 4.69) is 0 Å². The average Bonchev–Trinajstić information content (AvgIpc) is 2.33. The van der Waals surface area contributed by atoms with Crippen LogP contribution in [0.1, 0.15) is 51.4 Å². The van der Waals surface area contributed by atoms with Gasteiger partial charge in [-0.3, -0.25) is 0 Å². The largest absolute Gasteiger partial charge is 0.393 e. The quantitative estimate of drug-likeness (QED) is 0.687. The van der Waals surface area contributed by atoms with Crippen LogP contribution in [0.2, 0.25) is 0 Å².